The number of ether oxygens (including phenoxy) is 1. The average Bonchev–Trinajstić information content (AvgIpc) is 2.50. The zero-order chi connectivity index (χ0) is 16.1. The van der Waals surface area contributed by atoms with Crippen molar-refractivity contribution in [3.8, 4) is 11.6 Å². The lowest BCUT2D eigenvalue weighted by atomic mass is 10.1. The minimum Gasteiger partial charge on any atom is -0.437 e. The number of nitrogen functional groups attached to an aromatic ring is 1. The monoisotopic (exact) mass is 300 g/mol. The molecule has 1 heterocycles. The second-order valence-corrected chi connectivity index (χ2v) is 5.54. The number of nitrogens with zero attached hydrogens (tertiary/aromatic N) is 3. The Labute approximate surface area is 132 Å². The molecule has 118 valence electrons. The van der Waals surface area contributed by atoms with Gasteiger partial charge in [0.25, 0.3) is 0 Å². The van der Waals surface area contributed by atoms with Gasteiger partial charge in [-0.25, -0.2) is 4.98 Å². The van der Waals surface area contributed by atoms with E-state index < -0.39 is 0 Å². The Morgan fingerprint density at radius 2 is 1.95 bits per heavy atom. The SMILES string of the molecule is CCCCN(C)c1ncnc(Oc2ccc(C)c(C)c2)c1N. The molecule has 2 N–H and O–H groups in total. The van der Waals surface area contributed by atoms with Crippen molar-refractivity contribution in [3.05, 3.63) is 35.7 Å². The lowest BCUT2D eigenvalue weighted by Crippen LogP contribution is -2.21. The molecule has 2 rings (SSSR count). The van der Waals surface area contributed by atoms with Crippen LogP contribution in [0, 0.1) is 13.8 Å². The van der Waals surface area contributed by atoms with Crippen LogP contribution < -0.4 is 15.4 Å². The smallest absolute Gasteiger partial charge is 0.248 e. The zero-order valence-electron chi connectivity index (χ0n) is 13.8. The van der Waals surface area contributed by atoms with Crippen molar-refractivity contribution in [3.63, 3.8) is 0 Å². The van der Waals surface area contributed by atoms with Gasteiger partial charge in [-0.2, -0.15) is 4.98 Å². The molecule has 0 spiro atoms. The molecule has 0 unspecified atom stereocenters. The fourth-order valence-corrected chi connectivity index (χ4v) is 2.15. The van der Waals surface area contributed by atoms with Gasteiger partial charge in [0.1, 0.15) is 17.8 Å². The average molecular weight is 300 g/mol. The third-order valence-corrected chi connectivity index (χ3v) is 3.73. The summed E-state index contributed by atoms with van der Waals surface area (Å²) in [5, 5.41) is 0. The molecule has 0 saturated heterocycles. The molecule has 0 aliphatic carbocycles. The number of unbranched alkanes of at least 4 members (excludes halogenated alkanes) is 1. The van der Waals surface area contributed by atoms with E-state index >= 15 is 0 Å². The standard InChI is InChI=1S/C17H24N4O/c1-5-6-9-21(4)16-15(18)17(20-11-19-16)22-14-8-7-12(2)13(3)10-14/h7-8,10-11H,5-6,9,18H2,1-4H3. The van der Waals surface area contributed by atoms with E-state index in [0.717, 1.165) is 25.1 Å². The van der Waals surface area contributed by atoms with Crippen LogP contribution in [0.4, 0.5) is 11.5 Å². The van der Waals surface area contributed by atoms with Crippen molar-refractivity contribution >= 4 is 11.5 Å². The first kappa shape index (κ1) is 16.1. The third-order valence-electron chi connectivity index (χ3n) is 3.73. The van der Waals surface area contributed by atoms with Gasteiger partial charge < -0.3 is 15.4 Å². The summed E-state index contributed by atoms with van der Waals surface area (Å²) in [4.78, 5) is 10.5. The van der Waals surface area contributed by atoms with Crippen molar-refractivity contribution in [2.75, 3.05) is 24.2 Å². The molecule has 2 aromatic rings. The molecule has 5 heteroatoms. The highest BCUT2D eigenvalue weighted by Gasteiger charge is 2.13. The fourth-order valence-electron chi connectivity index (χ4n) is 2.15. The molecule has 0 radical (unpaired) electrons. The second-order valence-electron chi connectivity index (χ2n) is 5.54. The Hall–Kier alpha value is -2.30. The van der Waals surface area contributed by atoms with E-state index in [9.17, 15) is 0 Å². The molecule has 0 amide bonds. The van der Waals surface area contributed by atoms with Crippen molar-refractivity contribution in [1.82, 2.24) is 9.97 Å². The van der Waals surface area contributed by atoms with Crippen LogP contribution in [0.5, 0.6) is 11.6 Å². The molecule has 1 aromatic carbocycles. The molecule has 5 nitrogen and oxygen atoms in total. The second kappa shape index (κ2) is 7.11. The number of nitrogens with two attached hydrogens (primary N) is 1. The van der Waals surface area contributed by atoms with Gasteiger partial charge in [0, 0.05) is 13.6 Å². The molecular formula is C17H24N4O. The van der Waals surface area contributed by atoms with Gasteiger partial charge >= 0.3 is 0 Å². The highest BCUT2D eigenvalue weighted by atomic mass is 16.5. The maximum atomic E-state index is 6.18. The van der Waals surface area contributed by atoms with Crippen LogP contribution in [0.1, 0.15) is 30.9 Å². The Morgan fingerprint density at radius 1 is 1.18 bits per heavy atom. The first-order valence-electron chi connectivity index (χ1n) is 7.59. The van der Waals surface area contributed by atoms with Gasteiger partial charge in [-0.1, -0.05) is 19.4 Å². The van der Waals surface area contributed by atoms with Crippen molar-refractivity contribution in [2.24, 2.45) is 0 Å². The summed E-state index contributed by atoms with van der Waals surface area (Å²) < 4.78 is 5.84. The fraction of sp³-hybridized carbons (Fsp3) is 0.412. The lowest BCUT2D eigenvalue weighted by molar-refractivity contribution is 0.463. The molecule has 0 saturated carbocycles. The number of benzene rings is 1. The summed E-state index contributed by atoms with van der Waals surface area (Å²) in [7, 11) is 1.98. The first-order chi connectivity index (χ1) is 10.5. The van der Waals surface area contributed by atoms with Gasteiger partial charge in [-0.15, -0.1) is 0 Å². The summed E-state index contributed by atoms with van der Waals surface area (Å²) in [6.07, 6.45) is 3.71. The number of aromatic nitrogens is 2. The molecule has 22 heavy (non-hydrogen) atoms. The number of aryl methyl sites for hydroxylation is 2. The Morgan fingerprint density at radius 3 is 2.64 bits per heavy atom. The van der Waals surface area contributed by atoms with Gasteiger partial charge in [-0.05, 0) is 43.5 Å². The van der Waals surface area contributed by atoms with Gasteiger partial charge in [0.15, 0.2) is 5.82 Å². The Bertz CT molecular complexity index is 643. The van der Waals surface area contributed by atoms with E-state index in [1.807, 2.05) is 30.1 Å². The molecule has 0 bridgehead atoms. The maximum absolute atomic E-state index is 6.18. The summed E-state index contributed by atoms with van der Waals surface area (Å²) in [5.41, 5.74) is 9.05. The predicted molar refractivity (Wildman–Crippen MR) is 90.6 cm³/mol. The van der Waals surface area contributed by atoms with E-state index in [1.54, 1.807) is 0 Å². The number of anilines is 2. The quantitative estimate of drug-likeness (QED) is 0.881. The number of rotatable bonds is 6. The minimum atomic E-state index is 0.400. The van der Waals surface area contributed by atoms with Gasteiger partial charge in [0.2, 0.25) is 5.88 Å². The van der Waals surface area contributed by atoms with Crippen LogP contribution >= 0.6 is 0 Å². The molecule has 0 aliphatic rings. The summed E-state index contributed by atoms with van der Waals surface area (Å²) >= 11 is 0. The topological polar surface area (TPSA) is 64.3 Å². The summed E-state index contributed by atoms with van der Waals surface area (Å²) in [6.45, 7) is 7.18. The predicted octanol–water partition coefficient (Wildman–Crippen LogP) is 3.70. The zero-order valence-corrected chi connectivity index (χ0v) is 13.8. The molecular weight excluding hydrogens is 276 g/mol. The number of hydrogen-bond donors (Lipinski definition) is 1. The lowest BCUT2D eigenvalue weighted by Gasteiger charge is -2.20. The van der Waals surface area contributed by atoms with Crippen LogP contribution in [0.25, 0.3) is 0 Å². The minimum absolute atomic E-state index is 0.400. The van der Waals surface area contributed by atoms with Crippen molar-refractivity contribution in [1.29, 1.82) is 0 Å². The normalized spacial score (nSPS) is 10.5. The van der Waals surface area contributed by atoms with E-state index in [4.69, 9.17) is 10.5 Å². The highest BCUT2D eigenvalue weighted by Crippen LogP contribution is 2.31. The van der Waals surface area contributed by atoms with Crippen LogP contribution in [0.15, 0.2) is 24.5 Å². The summed E-state index contributed by atoms with van der Waals surface area (Å²) in [6, 6.07) is 5.93. The highest BCUT2D eigenvalue weighted by molar-refractivity contribution is 5.68. The van der Waals surface area contributed by atoms with E-state index in [-0.39, 0.29) is 0 Å². The Balaban J connectivity index is 2.22. The van der Waals surface area contributed by atoms with Gasteiger partial charge in [0.05, 0.1) is 0 Å². The molecule has 1 aromatic heterocycles. The van der Waals surface area contributed by atoms with Crippen LogP contribution in [0.2, 0.25) is 0 Å². The Kier molecular flexibility index (Phi) is 5.20. The van der Waals surface area contributed by atoms with E-state index in [0.29, 0.717) is 17.4 Å². The largest absolute Gasteiger partial charge is 0.437 e. The van der Waals surface area contributed by atoms with Gasteiger partial charge in [-0.3, -0.25) is 0 Å². The molecule has 0 atom stereocenters. The van der Waals surface area contributed by atoms with Crippen molar-refractivity contribution < 1.29 is 4.74 Å². The maximum Gasteiger partial charge on any atom is 0.248 e. The number of hydrogen-bond acceptors (Lipinski definition) is 5. The molecule has 0 fully saturated rings. The van der Waals surface area contributed by atoms with E-state index in [2.05, 4.69) is 30.7 Å². The first-order valence-corrected chi connectivity index (χ1v) is 7.59. The van der Waals surface area contributed by atoms with E-state index in [1.165, 1.54) is 17.5 Å². The molecule has 0 aliphatic heterocycles. The third kappa shape index (κ3) is 3.67. The summed E-state index contributed by atoms with van der Waals surface area (Å²) in [5.74, 6) is 1.84. The van der Waals surface area contributed by atoms with Crippen LogP contribution in [0.3, 0.4) is 0 Å². The van der Waals surface area contributed by atoms with Crippen LogP contribution in [-0.4, -0.2) is 23.6 Å². The van der Waals surface area contributed by atoms with Crippen LogP contribution in [-0.2, 0) is 0 Å². The van der Waals surface area contributed by atoms with Crippen molar-refractivity contribution in [2.45, 2.75) is 33.6 Å².